The van der Waals surface area contributed by atoms with Crippen molar-refractivity contribution < 1.29 is 35.6 Å². The van der Waals surface area contributed by atoms with E-state index < -0.39 is 38.8 Å². The maximum Gasteiger partial charge on any atom is 0.573 e. The van der Waals surface area contributed by atoms with Crippen molar-refractivity contribution in [2.24, 2.45) is 5.16 Å². The zero-order valence-corrected chi connectivity index (χ0v) is 17.2. The molecule has 32 heavy (non-hydrogen) atoms. The molecule has 0 radical (unpaired) electrons. The molecule has 7 nitrogen and oxygen atoms in total. The van der Waals surface area contributed by atoms with Gasteiger partial charge in [0.25, 0.3) is 5.44 Å². The summed E-state index contributed by atoms with van der Waals surface area (Å²) >= 11 is 0. The van der Waals surface area contributed by atoms with Gasteiger partial charge in [0.1, 0.15) is 17.6 Å². The van der Waals surface area contributed by atoms with E-state index in [1.165, 1.54) is 0 Å². The van der Waals surface area contributed by atoms with Crippen LogP contribution in [-0.2, 0) is 14.7 Å². The highest BCUT2D eigenvalue weighted by Crippen LogP contribution is 2.33. The molecule has 1 atom stereocenters. The Bertz CT molecular complexity index is 1130. The molecule has 1 aliphatic rings. The summed E-state index contributed by atoms with van der Waals surface area (Å²) in [4.78, 5) is 5.00. The van der Waals surface area contributed by atoms with Gasteiger partial charge in [0.05, 0.1) is 16.2 Å². The lowest BCUT2D eigenvalue weighted by Crippen LogP contribution is -2.28. The van der Waals surface area contributed by atoms with E-state index in [9.17, 15) is 26.0 Å². The lowest BCUT2D eigenvalue weighted by molar-refractivity contribution is -0.274. The van der Waals surface area contributed by atoms with Crippen molar-refractivity contribution in [2.45, 2.75) is 29.5 Å². The Hall–Kier alpha value is -3.17. The zero-order valence-electron chi connectivity index (χ0n) is 16.4. The van der Waals surface area contributed by atoms with Crippen LogP contribution in [0.4, 0.5) is 17.6 Å². The quantitative estimate of drug-likeness (QED) is 0.508. The molecule has 0 spiro atoms. The Morgan fingerprint density at radius 1 is 1.09 bits per heavy atom. The second-order valence-electron chi connectivity index (χ2n) is 6.76. The fraction of sp³-hybridized carbons (Fsp3) is 0.300. The number of ether oxygens (including phenoxy) is 1. The van der Waals surface area contributed by atoms with Crippen LogP contribution < -0.4 is 10.1 Å². The molecule has 0 bridgehead atoms. The number of nitriles is 1. The number of nitrogens with zero attached hydrogens (tertiary/aromatic N) is 2. The largest absolute Gasteiger partial charge is 0.573 e. The molecule has 2 aromatic carbocycles. The minimum atomic E-state index is -4.93. The van der Waals surface area contributed by atoms with Gasteiger partial charge in [-0.3, -0.25) is 0 Å². The molecule has 1 N–H and O–H groups in total. The van der Waals surface area contributed by atoms with E-state index in [-0.39, 0.29) is 10.5 Å². The van der Waals surface area contributed by atoms with Crippen LogP contribution in [0.5, 0.6) is 5.75 Å². The molecule has 0 aliphatic carbocycles. The maximum absolute atomic E-state index is 13.8. The molecule has 1 unspecified atom stereocenters. The molecular weight excluding hydrogens is 454 g/mol. The van der Waals surface area contributed by atoms with E-state index in [1.54, 1.807) is 6.07 Å². The summed E-state index contributed by atoms with van der Waals surface area (Å²) in [6.07, 6.45) is -3.87. The molecule has 12 heteroatoms. The number of benzene rings is 2. The second kappa shape index (κ2) is 9.54. The molecule has 0 amide bonds. The van der Waals surface area contributed by atoms with Crippen molar-refractivity contribution >= 4 is 15.5 Å². The summed E-state index contributed by atoms with van der Waals surface area (Å²) in [5.41, 5.74) is -1.60. The number of hydrogen-bond donors (Lipinski definition) is 1. The van der Waals surface area contributed by atoms with E-state index in [0.717, 1.165) is 42.5 Å². The number of sulfone groups is 1. The highest BCUT2D eigenvalue weighted by atomic mass is 32.2. The van der Waals surface area contributed by atoms with Gasteiger partial charge in [0, 0.05) is 31.5 Å². The van der Waals surface area contributed by atoms with E-state index in [4.69, 9.17) is 10.1 Å². The molecule has 170 valence electrons. The first-order valence-electron chi connectivity index (χ1n) is 9.32. The molecule has 1 aliphatic heterocycles. The molecule has 1 fully saturated rings. The average molecular weight is 471 g/mol. The van der Waals surface area contributed by atoms with Gasteiger partial charge in [-0.2, -0.15) is 5.26 Å². The van der Waals surface area contributed by atoms with E-state index in [0.29, 0.717) is 31.6 Å². The number of alkyl halides is 3. The van der Waals surface area contributed by atoms with Crippen molar-refractivity contribution in [3.05, 3.63) is 59.4 Å². The normalized spacial score (nSPS) is 15.5. The van der Waals surface area contributed by atoms with Crippen LogP contribution in [0.15, 0.2) is 52.5 Å². The van der Waals surface area contributed by atoms with Gasteiger partial charge in [-0.15, -0.1) is 13.2 Å². The van der Waals surface area contributed by atoms with E-state index in [2.05, 4.69) is 15.2 Å². The fourth-order valence-electron chi connectivity index (χ4n) is 2.96. The Morgan fingerprint density at radius 2 is 1.75 bits per heavy atom. The number of nitrogens with one attached hydrogen (secondary N) is 1. The van der Waals surface area contributed by atoms with Gasteiger partial charge in [-0.25, -0.2) is 12.8 Å². The molecule has 1 heterocycles. The van der Waals surface area contributed by atoms with Crippen LogP contribution in [-0.4, -0.2) is 33.6 Å². The highest BCUT2D eigenvalue weighted by molar-refractivity contribution is 7.91. The smallest absolute Gasteiger partial charge is 0.406 e. The Balaban J connectivity index is 1.98. The van der Waals surface area contributed by atoms with Crippen molar-refractivity contribution in [3.63, 3.8) is 0 Å². The van der Waals surface area contributed by atoms with Crippen LogP contribution in [0.2, 0.25) is 0 Å². The molecule has 3 rings (SSSR count). The van der Waals surface area contributed by atoms with Gasteiger partial charge in [-0.1, -0.05) is 11.2 Å². The van der Waals surface area contributed by atoms with Crippen molar-refractivity contribution in [3.8, 4) is 11.8 Å². The van der Waals surface area contributed by atoms with Crippen LogP contribution >= 0.6 is 0 Å². The summed E-state index contributed by atoms with van der Waals surface area (Å²) in [5.74, 6) is -1.44. The topological polar surface area (TPSA) is 101 Å². The second-order valence-corrected chi connectivity index (χ2v) is 8.75. The van der Waals surface area contributed by atoms with E-state index >= 15 is 0 Å². The predicted molar refractivity (Wildman–Crippen MR) is 105 cm³/mol. The molecule has 2 aromatic rings. The highest BCUT2D eigenvalue weighted by Gasteiger charge is 2.34. The van der Waals surface area contributed by atoms with Gasteiger partial charge in [0.15, 0.2) is 0 Å². The van der Waals surface area contributed by atoms with Crippen molar-refractivity contribution in [2.75, 3.05) is 13.1 Å². The van der Waals surface area contributed by atoms with Crippen molar-refractivity contribution in [1.82, 2.24) is 5.32 Å². The summed E-state index contributed by atoms with van der Waals surface area (Å²) in [6.45, 7) is 1.27. The fourth-order valence-corrected chi connectivity index (χ4v) is 4.38. The lowest BCUT2D eigenvalue weighted by Gasteiger charge is -2.19. The van der Waals surface area contributed by atoms with Crippen LogP contribution in [0, 0.1) is 17.1 Å². The SMILES string of the molecule is N#Cc1cc(C(ON=C2CCNCC2)S(=O)(=O)c2ccc(OC(F)(F)F)cc2)ccc1F. The molecular formula is C20H17F4N3O4S. The number of halogens is 4. The first kappa shape index (κ1) is 23.5. The summed E-state index contributed by atoms with van der Waals surface area (Å²) in [6, 6.07) is 8.28. The number of hydrogen-bond acceptors (Lipinski definition) is 7. The van der Waals surface area contributed by atoms with Crippen LogP contribution in [0.25, 0.3) is 0 Å². The van der Waals surface area contributed by atoms with Crippen LogP contribution in [0.3, 0.4) is 0 Å². The van der Waals surface area contributed by atoms with E-state index in [1.807, 2.05) is 0 Å². The third kappa shape index (κ3) is 5.74. The van der Waals surface area contributed by atoms with Gasteiger partial charge < -0.3 is 14.9 Å². The average Bonchev–Trinajstić information content (AvgIpc) is 2.75. The molecule has 1 saturated heterocycles. The number of oxime groups is 1. The summed E-state index contributed by atoms with van der Waals surface area (Å²) < 4.78 is 81.1. The zero-order chi connectivity index (χ0) is 23.4. The van der Waals surface area contributed by atoms with Gasteiger partial charge in [-0.05, 0) is 36.4 Å². The summed E-state index contributed by atoms with van der Waals surface area (Å²) in [7, 11) is -4.37. The van der Waals surface area contributed by atoms with Gasteiger partial charge in [0.2, 0.25) is 9.84 Å². The Labute approximate surface area is 181 Å². The Morgan fingerprint density at radius 3 is 2.34 bits per heavy atom. The standard InChI is InChI=1S/C20H17F4N3O4S/c21-18-6-1-13(11-14(18)12-25)19(31-27-15-7-9-26-10-8-15)32(28,29)17-4-2-16(3-5-17)30-20(22,23)24/h1-6,11,19,26H,7-10H2. The monoisotopic (exact) mass is 471 g/mol. The molecule has 0 aromatic heterocycles. The minimum absolute atomic E-state index is 0.0585. The number of rotatable bonds is 6. The Kier molecular flexibility index (Phi) is 7.00. The van der Waals surface area contributed by atoms with Crippen molar-refractivity contribution in [1.29, 1.82) is 5.26 Å². The lowest BCUT2D eigenvalue weighted by atomic mass is 10.1. The van der Waals surface area contributed by atoms with Gasteiger partial charge >= 0.3 is 6.36 Å². The maximum atomic E-state index is 13.8. The third-order valence-electron chi connectivity index (χ3n) is 4.51. The van der Waals surface area contributed by atoms with Crippen LogP contribution in [0.1, 0.15) is 29.4 Å². The first-order valence-corrected chi connectivity index (χ1v) is 10.9. The first-order chi connectivity index (χ1) is 15.1. The molecule has 0 saturated carbocycles. The number of piperidine rings is 1. The minimum Gasteiger partial charge on any atom is -0.406 e. The third-order valence-corrected chi connectivity index (χ3v) is 6.36. The predicted octanol–water partition coefficient (Wildman–Crippen LogP) is 3.82. The summed E-state index contributed by atoms with van der Waals surface area (Å²) in [5, 5.41) is 16.1.